The van der Waals surface area contributed by atoms with Crippen LogP contribution in [0.3, 0.4) is 0 Å². The van der Waals surface area contributed by atoms with E-state index in [-0.39, 0.29) is 6.04 Å². The van der Waals surface area contributed by atoms with Crippen LogP contribution in [0.5, 0.6) is 0 Å². The van der Waals surface area contributed by atoms with Crippen molar-refractivity contribution >= 4 is 28.3 Å². The van der Waals surface area contributed by atoms with Gasteiger partial charge >= 0.3 is 11.8 Å². The van der Waals surface area contributed by atoms with Crippen molar-refractivity contribution in [2.45, 2.75) is 32.7 Å². The molecule has 0 aliphatic carbocycles. The number of aromatic nitrogens is 2. The van der Waals surface area contributed by atoms with Gasteiger partial charge in [0, 0.05) is 6.04 Å². The topological polar surface area (TPSA) is 84.0 Å². The van der Waals surface area contributed by atoms with Crippen LogP contribution in [-0.4, -0.2) is 28.1 Å². The Kier molecular flexibility index (Phi) is 4.84. The van der Waals surface area contributed by atoms with E-state index in [2.05, 4.69) is 20.8 Å². The third-order valence-electron chi connectivity index (χ3n) is 1.89. The normalized spacial score (nSPS) is 11.9. The van der Waals surface area contributed by atoms with E-state index in [4.69, 9.17) is 0 Å². The molecule has 7 heteroatoms. The lowest BCUT2D eigenvalue weighted by molar-refractivity contribution is -0.136. The number of nitrogens with zero attached hydrogens (tertiary/aromatic N) is 2. The highest BCUT2D eigenvalue weighted by Crippen LogP contribution is 2.07. The Bertz CT molecular complexity index is 352. The van der Waals surface area contributed by atoms with Crippen LogP contribution in [0.25, 0.3) is 0 Å². The molecule has 0 aliphatic rings. The SMILES string of the molecule is CCCC(C)NC(=O)C(=O)Nc1nncs1. The van der Waals surface area contributed by atoms with Crippen LogP contribution in [0.2, 0.25) is 0 Å². The zero-order chi connectivity index (χ0) is 12.0. The lowest BCUT2D eigenvalue weighted by Crippen LogP contribution is -2.40. The van der Waals surface area contributed by atoms with Gasteiger partial charge in [0.15, 0.2) is 0 Å². The number of hydrogen-bond donors (Lipinski definition) is 2. The van der Waals surface area contributed by atoms with E-state index in [0.717, 1.165) is 24.2 Å². The van der Waals surface area contributed by atoms with Crippen LogP contribution in [0, 0.1) is 0 Å². The molecule has 0 aromatic carbocycles. The fraction of sp³-hybridized carbons (Fsp3) is 0.556. The number of carbonyl (C=O) groups excluding carboxylic acids is 2. The first-order chi connectivity index (χ1) is 7.63. The summed E-state index contributed by atoms with van der Waals surface area (Å²) in [7, 11) is 0. The average Bonchev–Trinajstić information content (AvgIpc) is 2.70. The second-order valence-electron chi connectivity index (χ2n) is 3.36. The summed E-state index contributed by atoms with van der Waals surface area (Å²) in [4.78, 5) is 22.8. The lowest BCUT2D eigenvalue weighted by Gasteiger charge is -2.11. The Morgan fingerprint density at radius 1 is 1.50 bits per heavy atom. The summed E-state index contributed by atoms with van der Waals surface area (Å²) in [6.45, 7) is 3.88. The third kappa shape index (κ3) is 3.93. The Balaban J connectivity index is 2.39. The summed E-state index contributed by atoms with van der Waals surface area (Å²) < 4.78 is 0. The van der Waals surface area contributed by atoms with E-state index in [0.29, 0.717) is 5.13 Å². The van der Waals surface area contributed by atoms with Gasteiger partial charge in [0.2, 0.25) is 5.13 Å². The maximum atomic E-state index is 11.4. The molecule has 1 atom stereocenters. The van der Waals surface area contributed by atoms with Gasteiger partial charge in [-0.25, -0.2) is 0 Å². The van der Waals surface area contributed by atoms with Gasteiger partial charge in [0.25, 0.3) is 0 Å². The number of nitrogens with one attached hydrogen (secondary N) is 2. The maximum absolute atomic E-state index is 11.4. The van der Waals surface area contributed by atoms with E-state index in [9.17, 15) is 9.59 Å². The van der Waals surface area contributed by atoms with Gasteiger partial charge in [-0.2, -0.15) is 0 Å². The Morgan fingerprint density at radius 2 is 2.25 bits per heavy atom. The number of anilines is 1. The van der Waals surface area contributed by atoms with Crippen LogP contribution in [0.1, 0.15) is 26.7 Å². The average molecular weight is 242 g/mol. The highest BCUT2D eigenvalue weighted by atomic mass is 32.1. The molecule has 0 fully saturated rings. The minimum atomic E-state index is -0.709. The lowest BCUT2D eigenvalue weighted by atomic mass is 10.2. The van der Waals surface area contributed by atoms with Crippen molar-refractivity contribution in [3.63, 3.8) is 0 Å². The second-order valence-corrected chi connectivity index (χ2v) is 4.19. The fourth-order valence-corrected chi connectivity index (χ4v) is 1.62. The molecule has 0 spiro atoms. The zero-order valence-electron chi connectivity index (χ0n) is 9.19. The van der Waals surface area contributed by atoms with Gasteiger partial charge in [0.1, 0.15) is 5.51 Å². The second kappa shape index (κ2) is 6.16. The highest BCUT2D eigenvalue weighted by molar-refractivity contribution is 7.13. The predicted octanol–water partition coefficient (Wildman–Crippen LogP) is 0.781. The molecule has 0 bridgehead atoms. The largest absolute Gasteiger partial charge is 0.345 e. The molecule has 0 aliphatic heterocycles. The summed E-state index contributed by atoms with van der Waals surface area (Å²) in [6, 6.07) is -0.00216. The number of carbonyl (C=O) groups is 2. The van der Waals surface area contributed by atoms with Crippen molar-refractivity contribution in [2.75, 3.05) is 5.32 Å². The smallest absolute Gasteiger partial charge is 0.315 e. The Morgan fingerprint density at radius 3 is 2.81 bits per heavy atom. The summed E-state index contributed by atoms with van der Waals surface area (Å²) in [5.41, 5.74) is 1.48. The van der Waals surface area contributed by atoms with Gasteiger partial charge in [-0.15, -0.1) is 10.2 Å². The quantitative estimate of drug-likeness (QED) is 0.764. The molecule has 1 aromatic heterocycles. The molecular weight excluding hydrogens is 228 g/mol. The zero-order valence-corrected chi connectivity index (χ0v) is 10.0. The molecule has 0 saturated heterocycles. The maximum Gasteiger partial charge on any atom is 0.315 e. The summed E-state index contributed by atoms with van der Waals surface area (Å²) in [5.74, 6) is -1.35. The van der Waals surface area contributed by atoms with Gasteiger partial charge in [-0.3, -0.25) is 14.9 Å². The van der Waals surface area contributed by atoms with E-state index >= 15 is 0 Å². The van der Waals surface area contributed by atoms with Crippen molar-refractivity contribution in [1.82, 2.24) is 15.5 Å². The van der Waals surface area contributed by atoms with Crippen molar-refractivity contribution in [1.29, 1.82) is 0 Å². The summed E-state index contributed by atoms with van der Waals surface area (Å²) in [6.07, 6.45) is 1.80. The highest BCUT2D eigenvalue weighted by Gasteiger charge is 2.16. The first-order valence-corrected chi connectivity index (χ1v) is 5.89. The third-order valence-corrected chi connectivity index (χ3v) is 2.49. The van der Waals surface area contributed by atoms with Gasteiger partial charge < -0.3 is 5.32 Å². The molecule has 0 saturated carbocycles. The van der Waals surface area contributed by atoms with E-state index in [1.54, 1.807) is 0 Å². The Labute approximate surface area is 97.5 Å². The molecule has 2 amide bonds. The van der Waals surface area contributed by atoms with Gasteiger partial charge in [-0.05, 0) is 13.3 Å². The molecule has 1 heterocycles. The van der Waals surface area contributed by atoms with Crippen LogP contribution in [0.15, 0.2) is 5.51 Å². The van der Waals surface area contributed by atoms with E-state index in [1.807, 2.05) is 13.8 Å². The fourth-order valence-electron chi connectivity index (χ4n) is 1.18. The molecule has 1 unspecified atom stereocenters. The minimum Gasteiger partial charge on any atom is -0.345 e. The molecular formula is C9H14N4O2S. The first kappa shape index (κ1) is 12.6. The van der Waals surface area contributed by atoms with Crippen LogP contribution >= 0.6 is 11.3 Å². The standard InChI is InChI=1S/C9H14N4O2S/c1-3-4-6(2)11-7(14)8(15)12-9-13-10-5-16-9/h5-6H,3-4H2,1-2H3,(H,11,14)(H,12,13,15). The van der Waals surface area contributed by atoms with Crippen LogP contribution < -0.4 is 10.6 Å². The number of amides is 2. The van der Waals surface area contributed by atoms with Crippen LogP contribution in [-0.2, 0) is 9.59 Å². The Hall–Kier alpha value is -1.50. The molecule has 88 valence electrons. The first-order valence-electron chi connectivity index (χ1n) is 5.01. The molecule has 1 rings (SSSR count). The van der Waals surface area contributed by atoms with Crippen molar-refractivity contribution in [2.24, 2.45) is 0 Å². The summed E-state index contributed by atoms with van der Waals surface area (Å²) >= 11 is 1.16. The van der Waals surface area contributed by atoms with Crippen molar-refractivity contribution < 1.29 is 9.59 Å². The molecule has 6 nitrogen and oxygen atoms in total. The van der Waals surface area contributed by atoms with Crippen molar-refractivity contribution in [3.8, 4) is 0 Å². The minimum absolute atomic E-state index is 0.00216. The van der Waals surface area contributed by atoms with Gasteiger partial charge in [-0.1, -0.05) is 24.7 Å². The molecule has 0 radical (unpaired) electrons. The predicted molar refractivity (Wildman–Crippen MR) is 61.1 cm³/mol. The van der Waals surface area contributed by atoms with E-state index < -0.39 is 11.8 Å². The van der Waals surface area contributed by atoms with Crippen molar-refractivity contribution in [3.05, 3.63) is 5.51 Å². The molecule has 1 aromatic rings. The monoisotopic (exact) mass is 242 g/mol. The number of rotatable bonds is 4. The molecule has 16 heavy (non-hydrogen) atoms. The van der Waals surface area contributed by atoms with Gasteiger partial charge in [0.05, 0.1) is 0 Å². The molecule has 2 N–H and O–H groups in total. The van der Waals surface area contributed by atoms with E-state index in [1.165, 1.54) is 5.51 Å². The van der Waals surface area contributed by atoms with Crippen LogP contribution in [0.4, 0.5) is 5.13 Å². The summed E-state index contributed by atoms with van der Waals surface area (Å²) in [5, 5.41) is 12.4. The number of hydrogen-bond acceptors (Lipinski definition) is 5.